The molecular weight excluding hydrogens is 352 g/mol. The molecule has 0 atom stereocenters. The maximum Gasteiger partial charge on any atom is 0.294 e. The van der Waals surface area contributed by atoms with Crippen LogP contribution in [-0.4, -0.2) is 25.8 Å². The van der Waals surface area contributed by atoms with Crippen LogP contribution in [0.5, 0.6) is 0 Å². The van der Waals surface area contributed by atoms with E-state index in [2.05, 4.69) is 25.6 Å². The molecule has 2 aromatic carbocycles. The maximum atomic E-state index is 11.9. The van der Waals surface area contributed by atoms with Crippen molar-refractivity contribution in [3.05, 3.63) is 75.2 Å². The zero-order valence-electron chi connectivity index (χ0n) is 13.7. The van der Waals surface area contributed by atoms with Crippen LogP contribution in [0.25, 0.3) is 16.6 Å². The van der Waals surface area contributed by atoms with Crippen molar-refractivity contribution in [2.24, 2.45) is 5.10 Å². The summed E-state index contributed by atoms with van der Waals surface area (Å²) in [6, 6.07) is 14.7. The molecule has 7 nitrogen and oxygen atoms in total. The Hall–Kier alpha value is -3.32. The van der Waals surface area contributed by atoms with E-state index in [4.69, 9.17) is 11.6 Å². The molecule has 0 bridgehead atoms. The highest BCUT2D eigenvalue weighted by Crippen LogP contribution is 2.19. The summed E-state index contributed by atoms with van der Waals surface area (Å²) in [6.07, 6.45) is 1.64. The van der Waals surface area contributed by atoms with Gasteiger partial charge in [0, 0.05) is 10.4 Å². The number of aromatic nitrogens is 4. The van der Waals surface area contributed by atoms with Crippen molar-refractivity contribution in [1.82, 2.24) is 19.6 Å². The summed E-state index contributed by atoms with van der Waals surface area (Å²) in [5.74, 6) is 0.361. The zero-order valence-corrected chi connectivity index (χ0v) is 14.5. The van der Waals surface area contributed by atoms with Gasteiger partial charge in [-0.05, 0) is 36.8 Å². The van der Waals surface area contributed by atoms with Gasteiger partial charge < -0.3 is 0 Å². The van der Waals surface area contributed by atoms with Crippen LogP contribution in [0.2, 0.25) is 5.02 Å². The number of para-hydroxylation sites is 1. The molecule has 0 aliphatic carbocycles. The van der Waals surface area contributed by atoms with Crippen LogP contribution in [-0.2, 0) is 0 Å². The molecule has 4 aromatic rings. The van der Waals surface area contributed by atoms with Crippen molar-refractivity contribution in [3.8, 4) is 0 Å². The van der Waals surface area contributed by atoms with Crippen LogP contribution in [0.3, 0.4) is 0 Å². The number of nitrogens with one attached hydrogen (secondary N) is 1. The maximum absolute atomic E-state index is 11.9. The minimum atomic E-state index is -0.364. The summed E-state index contributed by atoms with van der Waals surface area (Å²) in [4.78, 5) is 20.6. The Labute approximate surface area is 153 Å². The van der Waals surface area contributed by atoms with E-state index in [0.29, 0.717) is 22.1 Å². The Morgan fingerprint density at radius 3 is 2.69 bits per heavy atom. The third-order valence-electron chi connectivity index (χ3n) is 3.79. The first-order valence-electron chi connectivity index (χ1n) is 7.83. The Morgan fingerprint density at radius 2 is 1.88 bits per heavy atom. The van der Waals surface area contributed by atoms with E-state index in [1.807, 2.05) is 36.4 Å². The van der Waals surface area contributed by atoms with E-state index >= 15 is 0 Å². The van der Waals surface area contributed by atoms with Gasteiger partial charge in [-0.15, -0.1) is 0 Å². The highest BCUT2D eigenvalue weighted by Gasteiger charge is 2.11. The van der Waals surface area contributed by atoms with Crippen molar-refractivity contribution in [3.63, 3.8) is 0 Å². The van der Waals surface area contributed by atoms with Gasteiger partial charge in [-0.25, -0.2) is 10.4 Å². The molecule has 0 radical (unpaired) electrons. The topological polar surface area (TPSA) is 84.5 Å². The number of nitrogens with zero attached hydrogens (tertiary/aromatic N) is 5. The third-order valence-corrected chi connectivity index (χ3v) is 4.04. The number of anilines is 1. The van der Waals surface area contributed by atoms with Crippen LogP contribution in [0.1, 0.15) is 11.3 Å². The number of fused-ring (bicyclic) bond motifs is 3. The molecule has 26 heavy (non-hydrogen) atoms. The molecule has 8 heteroatoms. The summed E-state index contributed by atoms with van der Waals surface area (Å²) < 4.78 is 1.48. The number of aryl methyl sites for hydroxylation is 1. The monoisotopic (exact) mass is 364 g/mol. The fourth-order valence-electron chi connectivity index (χ4n) is 2.49. The van der Waals surface area contributed by atoms with Gasteiger partial charge in [0.05, 0.1) is 11.7 Å². The predicted octanol–water partition coefficient (Wildman–Crippen LogP) is 3.05. The number of rotatable bonds is 3. The minimum Gasteiger partial charge on any atom is -0.265 e. The Kier molecular flexibility index (Phi) is 4.06. The second kappa shape index (κ2) is 6.53. The first-order chi connectivity index (χ1) is 12.6. The van der Waals surface area contributed by atoms with E-state index in [1.54, 1.807) is 25.3 Å². The predicted molar refractivity (Wildman–Crippen MR) is 102 cm³/mol. The fraction of sp³-hybridized carbons (Fsp3) is 0.0556. The normalized spacial score (nSPS) is 11.5. The van der Waals surface area contributed by atoms with E-state index < -0.39 is 0 Å². The Morgan fingerprint density at radius 1 is 1.12 bits per heavy atom. The van der Waals surface area contributed by atoms with Gasteiger partial charge in [-0.3, -0.25) is 4.79 Å². The van der Waals surface area contributed by atoms with E-state index in [1.165, 1.54) is 4.52 Å². The molecule has 0 aliphatic rings. The number of hydrogen-bond donors (Lipinski definition) is 1. The van der Waals surface area contributed by atoms with Gasteiger partial charge in [0.2, 0.25) is 5.95 Å². The lowest BCUT2D eigenvalue weighted by Gasteiger charge is -2.09. The fourth-order valence-corrected chi connectivity index (χ4v) is 2.62. The van der Waals surface area contributed by atoms with E-state index in [9.17, 15) is 4.79 Å². The zero-order chi connectivity index (χ0) is 18.1. The lowest BCUT2D eigenvalue weighted by molar-refractivity contribution is 0.835. The van der Waals surface area contributed by atoms with E-state index in [-0.39, 0.29) is 11.3 Å². The number of hydrogen-bond acceptors (Lipinski definition) is 6. The second-order valence-electron chi connectivity index (χ2n) is 5.61. The lowest BCUT2D eigenvalue weighted by atomic mass is 10.2. The Balaban J connectivity index is 1.81. The van der Waals surface area contributed by atoms with Crippen LogP contribution < -0.4 is 11.0 Å². The molecule has 2 aromatic heterocycles. The average Bonchev–Trinajstić information content (AvgIpc) is 2.65. The van der Waals surface area contributed by atoms with Gasteiger partial charge in [0.1, 0.15) is 5.69 Å². The molecule has 0 saturated carbocycles. The van der Waals surface area contributed by atoms with Crippen LogP contribution in [0.15, 0.2) is 58.4 Å². The van der Waals surface area contributed by atoms with Gasteiger partial charge in [-0.1, -0.05) is 35.9 Å². The quantitative estimate of drug-likeness (QED) is 0.343. The molecule has 0 spiro atoms. The Bertz CT molecular complexity index is 1200. The molecule has 4 rings (SSSR count). The van der Waals surface area contributed by atoms with Crippen molar-refractivity contribution < 1.29 is 0 Å². The summed E-state index contributed by atoms with van der Waals surface area (Å²) in [5.41, 5.74) is 4.78. The number of halogens is 1. The largest absolute Gasteiger partial charge is 0.294 e. The second-order valence-corrected chi connectivity index (χ2v) is 6.05. The van der Waals surface area contributed by atoms with Gasteiger partial charge in [-0.2, -0.15) is 19.7 Å². The number of benzene rings is 2. The van der Waals surface area contributed by atoms with Gasteiger partial charge in [0.25, 0.3) is 5.56 Å². The SMILES string of the molecule is Cc1nn2c(NN=Cc3ccc(Cl)cc3)nc3ccccc3c2nc1=O. The molecule has 0 aliphatic heterocycles. The molecule has 1 N–H and O–H groups in total. The average molecular weight is 365 g/mol. The smallest absolute Gasteiger partial charge is 0.265 e. The molecule has 2 heterocycles. The molecule has 128 valence electrons. The van der Waals surface area contributed by atoms with Crippen molar-refractivity contribution in [2.75, 3.05) is 5.43 Å². The summed E-state index contributed by atoms with van der Waals surface area (Å²) in [7, 11) is 0. The highest BCUT2D eigenvalue weighted by atomic mass is 35.5. The van der Waals surface area contributed by atoms with Crippen LogP contribution >= 0.6 is 11.6 Å². The summed E-state index contributed by atoms with van der Waals surface area (Å²) in [5, 5.41) is 9.89. The first-order valence-corrected chi connectivity index (χ1v) is 8.21. The highest BCUT2D eigenvalue weighted by molar-refractivity contribution is 6.30. The van der Waals surface area contributed by atoms with E-state index in [0.717, 1.165) is 10.9 Å². The molecule has 0 amide bonds. The summed E-state index contributed by atoms with van der Waals surface area (Å²) >= 11 is 5.88. The van der Waals surface area contributed by atoms with Crippen LogP contribution in [0.4, 0.5) is 5.95 Å². The van der Waals surface area contributed by atoms with Crippen LogP contribution in [0, 0.1) is 6.92 Å². The van der Waals surface area contributed by atoms with Gasteiger partial charge >= 0.3 is 0 Å². The van der Waals surface area contributed by atoms with Crippen molar-refractivity contribution in [1.29, 1.82) is 0 Å². The molecule has 0 saturated heterocycles. The van der Waals surface area contributed by atoms with Crippen molar-refractivity contribution >= 4 is 40.3 Å². The third kappa shape index (κ3) is 3.00. The first kappa shape index (κ1) is 16.2. The van der Waals surface area contributed by atoms with Crippen molar-refractivity contribution in [2.45, 2.75) is 6.92 Å². The molecule has 0 fully saturated rings. The molecular formula is C18H13ClN6O. The summed E-state index contributed by atoms with van der Waals surface area (Å²) in [6.45, 7) is 1.61. The standard InChI is InChI=1S/C18H13ClN6O/c1-11-17(26)22-16-14-4-2-3-5-15(14)21-18(25(16)24-11)23-20-10-12-6-8-13(19)9-7-12/h2-10H,1H3,(H,21,23). The van der Waals surface area contributed by atoms with Gasteiger partial charge in [0.15, 0.2) is 5.65 Å². The minimum absolute atomic E-state index is 0.282. The molecule has 0 unspecified atom stereocenters. The number of hydrazone groups is 1. The lowest BCUT2D eigenvalue weighted by Crippen LogP contribution is -2.18.